The van der Waals surface area contributed by atoms with Crippen molar-refractivity contribution in [3.05, 3.63) is 45.7 Å². The van der Waals surface area contributed by atoms with Gasteiger partial charge in [-0.25, -0.2) is 0 Å². The van der Waals surface area contributed by atoms with Crippen LogP contribution < -0.4 is 5.43 Å². The number of likely N-dealkylation sites (tertiary alicyclic amines) is 1. The van der Waals surface area contributed by atoms with Crippen LogP contribution in [0.2, 0.25) is 0 Å². The summed E-state index contributed by atoms with van der Waals surface area (Å²) >= 11 is 0. The van der Waals surface area contributed by atoms with Crippen LogP contribution >= 0.6 is 0 Å². The van der Waals surface area contributed by atoms with E-state index in [-0.39, 0.29) is 5.43 Å². The molecular weight excluding hydrogens is 296 g/mol. The van der Waals surface area contributed by atoms with Gasteiger partial charge in [-0.15, -0.1) is 0 Å². The van der Waals surface area contributed by atoms with E-state index in [2.05, 4.69) is 30.7 Å². The Morgan fingerprint density at radius 2 is 1.96 bits per heavy atom. The van der Waals surface area contributed by atoms with E-state index in [0.29, 0.717) is 16.9 Å². The summed E-state index contributed by atoms with van der Waals surface area (Å²) in [6.07, 6.45) is 3.81. The van der Waals surface area contributed by atoms with E-state index in [1.807, 2.05) is 31.2 Å². The maximum atomic E-state index is 13.0. The summed E-state index contributed by atoms with van der Waals surface area (Å²) in [4.78, 5) is 19.0. The molecule has 128 valence electrons. The first-order chi connectivity index (χ1) is 11.3. The molecule has 1 aliphatic carbocycles. The number of fused-ring (bicyclic) bond motifs is 3. The molecule has 0 radical (unpaired) electrons. The molecule has 2 fully saturated rings. The van der Waals surface area contributed by atoms with E-state index >= 15 is 0 Å². The number of para-hydroxylation sites is 1. The van der Waals surface area contributed by atoms with E-state index in [0.717, 1.165) is 35.2 Å². The molecule has 2 aliphatic rings. The van der Waals surface area contributed by atoms with Gasteiger partial charge in [-0.1, -0.05) is 32.9 Å². The van der Waals surface area contributed by atoms with E-state index in [1.54, 1.807) is 0 Å². The monoisotopic (exact) mass is 324 g/mol. The molecule has 0 unspecified atom stereocenters. The topological polar surface area (TPSA) is 36.1 Å². The predicted molar refractivity (Wildman–Crippen MR) is 99.2 cm³/mol. The highest BCUT2D eigenvalue weighted by Gasteiger charge is 2.49. The third-order valence-corrected chi connectivity index (χ3v) is 6.10. The first-order valence-electron chi connectivity index (χ1n) is 9.11. The van der Waals surface area contributed by atoms with Crippen LogP contribution in [-0.4, -0.2) is 22.5 Å². The van der Waals surface area contributed by atoms with E-state index in [4.69, 9.17) is 0 Å². The number of aryl methyl sites for hydroxylation is 1. The van der Waals surface area contributed by atoms with Gasteiger partial charge in [0.1, 0.15) is 0 Å². The number of benzene rings is 1. The van der Waals surface area contributed by atoms with E-state index < -0.39 is 0 Å². The lowest BCUT2D eigenvalue weighted by atomic mass is 9.65. The molecule has 24 heavy (non-hydrogen) atoms. The third-order valence-electron chi connectivity index (χ3n) is 6.10. The van der Waals surface area contributed by atoms with Gasteiger partial charge >= 0.3 is 0 Å². The van der Waals surface area contributed by atoms with Crippen molar-refractivity contribution in [3.63, 3.8) is 0 Å². The van der Waals surface area contributed by atoms with E-state index in [9.17, 15) is 4.79 Å². The molecule has 1 aliphatic heterocycles. The Morgan fingerprint density at radius 1 is 1.21 bits per heavy atom. The van der Waals surface area contributed by atoms with Gasteiger partial charge in [-0.05, 0) is 49.1 Å². The molecule has 1 N–H and O–H groups in total. The summed E-state index contributed by atoms with van der Waals surface area (Å²) in [5.74, 6) is 0. The van der Waals surface area contributed by atoms with Crippen molar-refractivity contribution in [2.45, 2.75) is 59.5 Å². The van der Waals surface area contributed by atoms with Crippen molar-refractivity contribution in [2.75, 3.05) is 6.54 Å². The molecule has 1 saturated heterocycles. The number of pyridine rings is 1. The lowest BCUT2D eigenvalue weighted by Gasteiger charge is -2.40. The number of nitrogens with zero attached hydrogens (tertiary/aromatic N) is 1. The number of aromatic nitrogens is 1. The summed E-state index contributed by atoms with van der Waals surface area (Å²) in [5.41, 5.74) is 3.93. The van der Waals surface area contributed by atoms with Crippen molar-refractivity contribution in [2.24, 2.45) is 10.8 Å². The molecule has 1 aromatic carbocycles. The molecule has 2 atom stereocenters. The van der Waals surface area contributed by atoms with Crippen LogP contribution in [-0.2, 0) is 6.54 Å². The summed E-state index contributed by atoms with van der Waals surface area (Å²) < 4.78 is 0. The second-order valence-electron chi connectivity index (χ2n) is 9.22. The van der Waals surface area contributed by atoms with Crippen molar-refractivity contribution >= 4 is 10.9 Å². The van der Waals surface area contributed by atoms with Gasteiger partial charge in [0.2, 0.25) is 0 Å². The van der Waals surface area contributed by atoms with Gasteiger partial charge in [0, 0.05) is 41.3 Å². The molecule has 1 aromatic heterocycles. The molecular formula is C21H28N2O. The van der Waals surface area contributed by atoms with Crippen LogP contribution in [0, 0.1) is 17.8 Å². The average molecular weight is 324 g/mol. The number of hydrogen-bond acceptors (Lipinski definition) is 2. The molecule has 4 rings (SSSR count). The lowest BCUT2D eigenvalue weighted by Crippen LogP contribution is -2.35. The molecule has 0 amide bonds. The number of nitrogens with one attached hydrogen (secondary N) is 1. The minimum absolute atomic E-state index is 0.202. The Labute approximate surface area is 144 Å². The molecule has 2 aromatic rings. The highest BCUT2D eigenvalue weighted by molar-refractivity contribution is 5.79. The van der Waals surface area contributed by atoms with Gasteiger partial charge < -0.3 is 4.98 Å². The van der Waals surface area contributed by atoms with Gasteiger partial charge in [0.05, 0.1) is 0 Å². The van der Waals surface area contributed by atoms with Crippen LogP contribution in [0.25, 0.3) is 10.9 Å². The zero-order valence-corrected chi connectivity index (χ0v) is 15.3. The maximum absolute atomic E-state index is 13.0. The first-order valence-corrected chi connectivity index (χ1v) is 9.11. The summed E-state index contributed by atoms with van der Waals surface area (Å²) in [5, 5.41) is 0.812. The average Bonchev–Trinajstić information content (AvgIpc) is 2.72. The van der Waals surface area contributed by atoms with Gasteiger partial charge in [0.15, 0.2) is 5.43 Å². The molecule has 2 bridgehead atoms. The molecule has 1 saturated carbocycles. The maximum Gasteiger partial charge on any atom is 0.194 e. The van der Waals surface area contributed by atoms with Crippen LogP contribution in [0.1, 0.15) is 51.3 Å². The van der Waals surface area contributed by atoms with Crippen LogP contribution in [0.3, 0.4) is 0 Å². The number of rotatable bonds is 2. The predicted octanol–water partition coefficient (Wildman–Crippen LogP) is 4.24. The number of aromatic amines is 1. The second kappa shape index (κ2) is 5.19. The first kappa shape index (κ1) is 15.9. The standard InChI is InChI=1S/C21H28N2O/c1-14-17(19(24)16-7-5-6-8-18(16)22-14)11-23-13-21(4)10-15(23)9-20(2,3)12-21/h5-8,15H,9-13H2,1-4H3,(H,22,24)/t15-,21+/m0/s1. The van der Waals surface area contributed by atoms with Gasteiger partial charge in [0.25, 0.3) is 0 Å². The zero-order valence-electron chi connectivity index (χ0n) is 15.3. The van der Waals surface area contributed by atoms with E-state index in [1.165, 1.54) is 19.3 Å². The highest BCUT2D eigenvalue weighted by Crippen LogP contribution is 2.52. The van der Waals surface area contributed by atoms with Crippen molar-refractivity contribution < 1.29 is 0 Å². The number of H-pyrrole nitrogens is 1. The normalized spacial score (nSPS) is 29.2. The fraction of sp³-hybridized carbons (Fsp3) is 0.571. The molecule has 2 heterocycles. The highest BCUT2D eigenvalue weighted by atomic mass is 16.1. The van der Waals surface area contributed by atoms with Gasteiger partial charge in [-0.3, -0.25) is 9.69 Å². The Bertz CT molecular complexity index is 851. The SMILES string of the molecule is Cc1[nH]c2ccccc2c(=O)c1CN1C[C@]2(C)C[C@@H]1CC(C)(C)C2. The number of hydrogen-bond donors (Lipinski definition) is 1. The smallest absolute Gasteiger partial charge is 0.194 e. The Kier molecular flexibility index (Phi) is 3.44. The van der Waals surface area contributed by atoms with Crippen LogP contribution in [0.15, 0.2) is 29.1 Å². The quantitative estimate of drug-likeness (QED) is 0.897. The van der Waals surface area contributed by atoms with Gasteiger partial charge in [-0.2, -0.15) is 0 Å². The summed E-state index contributed by atoms with van der Waals surface area (Å²) in [6, 6.07) is 8.46. The van der Waals surface area contributed by atoms with Crippen molar-refractivity contribution in [3.8, 4) is 0 Å². The molecule has 3 nitrogen and oxygen atoms in total. The minimum Gasteiger partial charge on any atom is -0.358 e. The second-order valence-corrected chi connectivity index (χ2v) is 9.22. The Hall–Kier alpha value is -1.61. The zero-order chi connectivity index (χ0) is 17.1. The lowest BCUT2D eigenvalue weighted by molar-refractivity contribution is 0.126. The fourth-order valence-electron chi connectivity index (χ4n) is 5.56. The molecule has 3 heteroatoms. The van der Waals surface area contributed by atoms with Crippen LogP contribution in [0.5, 0.6) is 0 Å². The fourth-order valence-corrected chi connectivity index (χ4v) is 5.56. The van der Waals surface area contributed by atoms with Crippen molar-refractivity contribution in [1.82, 2.24) is 9.88 Å². The third kappa shape index (κ3) is 2.59. The van der Waals surface area contributed by atoms with Crippen molar-refractivity contribution in [1.29, 1.82) is 0 Å². The summed E-state index contributed by atoms with van der Waals surface area (Å²) in [7, 11) is 0. The Balaban J connectivity index is 1.70. The molecule has 0 spiro atoms. The summed E-state index contributed by atoms with van der Waals surface area (Å²) in [6.45, 7) is 11.2. The van der Waals surface area contributed by atoms with Crippen LogP contribution in [0.4, 0.5) is 0 Å². The Morgan fingerprint density at radius 3 is 2.75 bits per heavy atom. The largest absolute Gasteiger partial charge is 0.358 e. The minimum atomic E-state index is 0.202.